The molecule has 5 nitrogen and oxygen atoms in total. The van der Waals surface area contributed by atoms with Gasteiger partial charge in [0.25, 0.3) is 0 Å². The van der Waals surface area contributed by atoms with Crippen molar-refractivity contribution in [2.45, 2.75) is 57.9 Å². The summed E-state index contributed by atoms with van der Waals surface area (Å²) in [6.07, 6.45) is 8.43. The second-order valence-corrected chi connectivity index (χ2v) is 8.74. The van der Waals surface area contributed by atoms with Gasteiger partial charge in [0.15, 0.2) is 0 Å². The minimum atomic E-state index is 0.145. The first-order valence-corrected chi connectivity index (χ1v) is 11.0. The van der Waals surface area contributed by atoms with Crippen LogP contribution in [0.3, 0.4) is 0 Å². The Morgan fingerprint density at radius 2 is 1.72 bits per heavy atom. The van der Waals surface area contributed by atoms with Crippen LogP contribution in [0.4, 0.5) is 5.69 Å². The zero-order valence-corrected chi connectivity index (χ0v) is 16.8. The minimum Gasteiger partial charge on any atom is -0.461 e. The smallest absolute Gasteiger partial charge is 0.227 e. The fourth-order valence-corrected chi connectivity index (χ4v) is 4.58. The van der Waals surface area contributed by atoms with E-state index in [0.29, 0.717) is 12.5 Å². The molecule has 152 valence electrons. The molecule has 2 heterocycles. The number of anilines is 1. The van der Waals surface area contributed by atoms with Gasteiger partial charge in [0.1, 0.15) is 11.5 Å². The van der Waals surface area contributed by atoms with E-state index in [1.807, 2.05) is 29.2 Å². The van der Waals surface area contributed by atoms with Gasteiger partial charge in [0.2, 0.25) is 11.8 Å². The molecule has 0 unspecified atom stereocenters. The van der Waals surface area contributed by atoms with E-state index in [0.717, 1.165) is 79.8 Å². The predicted molar refractivity (Wildman–Crippen MR) is 111 cm³/mol. The Morgan fingerprint density at radius 1 is 0.966 bits per heavy atom. The molecule has 0 bridgehead atoms. The van der Waals surface area contributed by atoms with Crippen LogP contribution in [0.2, 0.25) is 0 Å². The summed E-state index contributed by atoms with van der Waals surface area (Å²) in [5, 5.41) is 3.06. The van der Waals surface area contributed by atoms with Gasteiger partial charge in [-0.05, 0) is 56.0 Å². The molecule has 2 amide bonds. The average Bonchev–Trinajstić information content (AvgIpc) is 3.52. The maximum absolute atomic E-state index is 12.4. The van der Waals surface area contributed by atoms with Gasteiger partial charge in [-0.15, -0.1) is 0 Å². The van der Waals surface area contributed by atoms with Gasteiger partial charge in [0.05, 0.1) is 0 Å². The van der Waals surface area contributed by atoms with Crippen molar-refractivity contribution in [2.24, 2.45) is 11.8 Å². The summed E-state index contributed by atoms with van der Waals surface area (Å²) in [5.41, 5.74) is 2.95. The van der Waals surface area contributed by atoms with Gasteiger partial charge in [0, 0.05) is 48.2 Å². The van der Waals surface area contributed by atoms with E-state index in [1.54, 1.807) is 0 Å². The molecule has 2 saturated carbocycles. The van der Waals surface area contributed by atoms with E-state index in [4.69, 9.17) is 4.42 Å². The molecule has 29 heavy (non-hydrogen) atoms. The van der Waals surface area contributed by atoms with E-state index in [2.05, 4.69) is 11.4 Å². The molecule has 0 spiro atoms. The largest absolute Gasteiger partial charge is 0.461 e. The third kappa shape index (κ3) is 3.96. The van der Waals surface area contributed by atoms with E-state index < -0.39 is 0 Å². The van der Waals surface area contributed by atoms with Crippen LogP contribution >= 0.6 is 0 Å². The fraction of sp³-hybridized carbons (Fsp3) is 0.500. The van der Waals surface area contributed by atoms with Crippen molar-refractivity contribution >= 4 is 17.5 Å². The number of amides is 2. The van der Waals surface area contributed by atoms with Crippen LogP contribution in [0.25, 0.3) is 11.3 Å². The first kappa shape index (κ1) is 18.5. The maximum Gasteiger partial charge on any atom is 0.227 e. The number of nitrogens with zero attached hydrogens (tertiary/aromatic N) is 1. The Morgan fingerprint density at radius 3 is 2.45 bits per heavy atom. The van der Waals surface area contributed by atoms with Gasteiger partial charge in [-0.3, -0.25) is 9.59 Å². The van der Waals surface area contributed by atoms with Gasteiger partial charge in [-0.2, -0.15) is 0 Å². The highest BCUT2D eigenvalue weighted by molar-refractivity contribution is 5.92. The van der Waals surface area contributed by atoms with Crippen molar-refractivity contribution in [1.29, 1.82) is 0 Å². The maximum atomic E-state index is 12.4. The first-order chi connectivity index (χ1) is 14.2. The molecule has 1 aliphatic heterocycles. The zero-order chi connectivity index (χ0) is 19.8. The zero-order valence-electron chi connectivity index (χ0n) is 16.8. The number of nitrogens with one attached hydrogen (secondary N) is 1. The Bertz CT molecular complexity index is 905. The molecule has 2 fully saturated rings. The summed E-state index contributed by atoms with van der Waals surface area (Å²) in [7, 11) is 0. The molecule has 1 aromatic carbocycles. The van der Waals surface area contributed by atoms with Crippen molar-refractivity contribution in [3.05, 3.63) is 41.7 Å². The summed E-state index contributed by atoms with van der Waals surface area (Å²) < 4.78 is 6.09. The minimum absolute atomic E-state index is 0.145. The van der Waals surface area contributed by atoms with Gasteiger partial charge in [-0.25, -0.2) is 0 Å². The molecule has 5 heteroatoms. The molecule has 0 saturated heterocycles. The van der Waals surface area contributed by atoms with Crippen LogP contribution in [-0.4, -0.2) is 23.3 Å². The van der Waals surface area contributed by atoms with Gasteiger partial charge in [-0.1, -0.05) is 19.3 Å². The summed E-state index contributed by atoms with van der Waals surface area (Å²) in [6, 6.07) is 9.94. The standard InChI is InChI=1S/C24H28N2O3/c27-23(17-4-2-1-3-5-17)25-20-10-8-16(9-11-20)22-14-19-15-26(13-12-21(19)29-22)24(28)18-6-7-18/h8-11,14,17-18H,1-7,12-13,15H2,(H,25,27). The van der Waals surface area contributed by atoms with Crippen LogP contribution in [0.15, 0.2) is 34.7 Å². The number of rotatable bonds is 4. The summed E-state index contributed by atoms with van der Waals surface area (Å²) in [6.45, 7) is 1.41. The lowest BCUT2D eigenvalue weighted by molar-refractivity contribution is -0.133. The van der Waals surface area contributed by atoms with Crippen molar-refractivity contribution in [3.8, 4) is 11.3 Å². The van der Waals surface area contributed by atoms with Crippen LogP contribution in [0.1, 0.15) is 56.3 Å². The average molecular weight is 392 g/mol. The normalized spacial score (nSPS) is 19.7. The summed E-state index contributed by atoms with van der Waals surface area (Å²) in [5.74, 6) is 2.69. The Balaban J connectivity index is 1.25. The molecular formula is C24H28N2O3. The first-order valence-electron chi connectivity index (χ1n) is 11.0. The van der Waals surface area contributed by atoms with Gasteiger partial charge >= 0.3 is 0 Å². The van der Waals surface area contributed by atoms with Crippen molar-refractivity contribution < 1.29 is 14.0 Å². The molecule has 5 rings (SSSR count). The topological polar surface area (TPSA) is 62.6 Å². The monoisotopic (exact) mass is 392 g/mol. The summed E-state index contributed by atoms with van der Waals surface area (Å²) >= 11 is 0. The lowest BCUT2D eigenvalue weighted by atomic mass is 9.88. The Hall–Kier alpha value is -2.56. The van der Waals surface area contributed by atoms with E-state index in [-0.39, 0.29) is 17.7 Å². The SMILES string of the molecule is O=C(Nc1ccc(-c2cc3c(o2)CCN(C(=O)C2CC2)C3)cc1)C1CCCCC1. The quantitative estimate of drug-likeness (QED) is 0.816. The van der Waals surface area contributed by atoms with Crippen LogP contribution in [0.5, 0.6) is 0 Å². The molecule has 2 aromatic rings. The van der Waals surface area contributed by atoms with E-state index in [9.17, 15) is 9.59 Å². The molecule has 0 radical (unpaired) electrons. The van der Waals surface area contributed by atoms with Gasteiger partial charge < -0.3 is 14.6 Å². The third-order valence-electron chi connectivity index (χ3n) is 6.52. The number of carbonyl (C=O) groups is 2. The lowest BCUT2D eigenvalue weighted by Crippen LogP contribution is -2.36. The van der Waals surface area contributed by atoms with Crippen molar-refractivity contribution in [3.63, 3.8) is 0 Å². The number of fused-ring (bicyclic) bond motifs is 1. The second kappa shape index (κ2) is 7.69. The van der Waals surface area contributed by atoms with Crippen LogP contribution in [-0.2, 0) is 22.6 Å². The van der Waals surface area contributed by atoms with E-state index >= 15 is 0 Å². The highest BCUT2D eigenvalue weighted by Gasteiger charge is 2.35. The number of benzene rings is 1. The predicted octanol–water partition coefficient (Wildman–Crippen LogP) is 4.76. The third-order valence-corrected chi connectivity index (χ3v) is 6.52. The molecule has 0 atom stereocenters. The van der Waals surface area contributed by atoms with Crippen molar-refractivity contribution in [1.82, 2.24) is 4.90 Å². The highest BCUT2D eigenvalue weighted by Crippen LogP contribution is 2.35. The molecule has 1 N–H and O–H groups in total. The van der Waals surface area contributed by atoms with Crippen LogP contribution < -0.4 is 5.32 Å². The number of hydrogen-bond acceptors (Lipinski definition) is 3. The fourth-order valence-electron chi connectivity index (χ4n) is 4.58. The van der Waals surface area contributed by atoms with Crippen molar-refractivity contribution in [2.75, 3.05) is 11.9 Å². The molecular weight excluding hydrogens is 364 g/mol. The highest BCUT2D eigenvalue weighted by atomic mass is 16.3. The van der Waals surface area contributed by atoms with E-state index in [1.165, 1.54) is 6.42 Å². The number of carbonyl (C=O) groups excluding carboxylic acids is 2. The van der Waals surface area contributed by atoms with Crippen LogP contribution in [0, 0.1) is 11.8 Å². The molecule has 1 aromatic heterocycles. The Labute approximate surface area is 171 Å². The Kier molecular flexibility index (Phi) is 4.90. The number of hydrogen-bond donors (Lipinski definition) is 1. The number of furan rings is 1. The summed E-state index contributed by atoms with van der Waals surface area (Å²) in [4.78, 5) is 26.8. The second-order valence-electron chi connectivity index (χ2n) is 8.74. The molecule has 2 aliphatic carbocycles. The molecule has 3 aliphatic rings. The lowest BCUT2D eigenvalue weighted by Gasteiger charge is -2.26.